The Bertz CT molecular complexity index is 480. The fourth-order valence-electron chi connectivity index (χ4n) is 1.88. The largest absolute Gasteiger partial charge is 0.481 e. The smallest absolute Gasteiger partial charge is 0.305 e. The summed E-state index contributed by atoms with van der Waals surface area (Å²) < 4.78 is 0. The molecule has 1 rings (SSSR count). The van der Waals surface area contributed by atoms with Gasteiger partial charge < -0.3 is 10.0 Å². The number of amides is 1. The van der Waals surface area contributed by atoms with Crippen molar-refractivity contribution in [3.8, 4) is 0 Å². The molecule has 104 valence electrons. The zero-order valence-corrected chi connectivity index (χ0v) is 11.9. The van der Waals surface area contributed by atoms with Gasteiger partial charge in [-0.05, 0) is 31.0 Å². The summed E-state index contributed by atoms with van der Waals surface area (Å²) in [6, 6.07) is 5.86. The van der Waals surface area contributed by atoms with Gasteiger partial charge >= 0.3 is 5.97 Å². The molecule has 0 fully saturated rings. The van der Waals surface area contributed by atoms with Crippen molar-refractivity contribution >= 4 is 17.6 Å². The van der Waals surface area contributed by atoms with Crippen molar-refractivity contribution in [3.05, 3.63) is 29.3 Å². The quantitative estimate of drug-likeness (QED) is 0.888. The lowest BCUT2D eigenvalue weighted by Gasteiger charge is -2.26. The molecule has 1 amide bonds. The maximum Gasteiger partial charge on any atom is 0.305 e. The number of nitrogens with zero attached hydrogens (tertiary/aromatic N) is 1. The third kappa shape index (κ3) is 4.09. The van der Waals surface area contributed by atoms with Gasteiger partial charge in [0, 0.05) is 18.2 Å². The number of hydrogen-bond acceptors (Lipinski definition) is 2. The molecule has 1 aromatic carbocycles. The van der Waals surface area contributed by atoms with Crippen LogP contribution in [0.1, 0.15) is 31.4 Å². The SMILES string of the molecule is Cc1ccc(C)c(N(CCC(=O)O)C(=O)C(C)C)c1. The lowest BCUT2D eigenvalue weighted by Crippen LogP contribution is -2.36. The number of aliphatic carboxylic acids is 1. The Labute approximate surface area is 114 Å². The monoisotopic (exact) mass is 263 g/mol. The first-order valence-corrected chi connectivity index (χ1v) is 6.43. The van der Waals surface area contributed by atoms with E-state index in [-0.39, 0.29) is 24.8 Å². The molecule has 19 heavy (non-hydrogen) atoms. The number of aryl methyl sites for hydroxylation is 2. The van der Waals surface area contributed by atoms with Crippen molar-refractivity contribution in [2.45, 2.75) is 34.1 Å². The van der Waals surface area contributed by atoms with Crippen LogP contribution in [0.4, 0.5) is 5.69 Å². The Morgan fingerprint density at radius 3 is 2.42 bits per heavy atom. The van der Waals surface area contributed by atoms with Gasteiger partial charge in [0.15, 0.2) is 0 Å². The predicted octanol–water partition coefficient (Wildman–Crippen LogP) is 2.77. The van der Waals surface area contributed by atoms with Crippen LogP contribution in [0.2, 0.25) is 0 Å². The summed E-state index contributed by atoms with van der Waals surface area (Å²) in [6.07, 6.45) is -0.0498. The lowest BCUT2D eigenvalue weighted by atomic mass is 10.1. The van der Waals surface area contributed by atoms with E-state index in [2.05, 4.69) is 0 Å². The molecular weight excluding hydrogens is 242 g/mol. The van der Waals surface area contributed by atoms with E-state index in [9.17, 15) is 9.59 Å². The number of rotatable bonds is 5. The van der Waals surface area contributed by atoms with Crippen LogP contribution in [0, 0.1) is 19.8 Å². The Balaban J connectivity index is 3.10. The van der Waals surface area contributed by atoms with Crippen LogP contribution in [0.5, 0.6) is 0 Å². The summed E-state index contributed by atoms with van der Waals surface area (Å²) in [4.78, 5) is 24.6. The fraction of sp³-hybridized carbons (Fsp3) is 0.467. The number of carboxylic acids is 1. The number of carbonyl (C=O) groups is 2. The topological polar surface area (TPSA) is 57.6 Å². The minimum absolute atomic E-state index is 0.0463. The maximum atomic E-state index is 12.3. The minimum atomic E-state index is -0.896. The summed E-state index contributed by atoms with van der Waals surface area (Å²) >= 11 is 0. The molecule has 4 heteroatoms. The first-order valence-electron chi connectivity index (χ1n) is 6.43. The molecule has 0 spiro atoms. The molecule has 0 aromatic heterocycles. The molecule has 0 aliphatic heterocycles. The van der Waals surface area contributed by atoms with Crippen molar-refractivity contribution in [2.24, 2.45) is 5.92 Å². The van der Waals surface area contributed by atoms with Crippen molar-refractivity contribution in [2.75, 3.05) is 11.4 Å². The van der Waals surface area contributed by atoms with Gasteiger partial charge in [-0.15, -0.1) is 0 Å². The van der Waals surface area contributed by atoms with Gasteiger partial charge in [-0.2, -0.15) is 0 Å². The Kier molecular flexibility index (Phi) is 5.10. The molecule has 1 N–H and O–H groups in total. The van der Waals surface area contributed by atoms with E-state index in [4.69, 9.17) is 5.11 Å². The number of anilines is 1. The van der Waals surface area contributed by atoms with E-state index in [0.29, 0.717) is 0 Å². The van der Waals surface area contributed by atoms with Gasteiger partial charge in [0.1, 0.15) is 0 Å². The van der Waals surface area contributed by atoms with Crippen LogP contribution in [-0.2, 0) is 9.59 Å². The molecule has 0 aliphatic carbocycles. The summed E-state index contributed by atoms with van der Waals surface area (Å²) in [6.45, 7) is 7.73. The highest BCUT2D eigenvalue weighted by Crippen LogP contribution is 2.23. The zero-order chi connectivity index (χ0) is 14.6. The zero-order valence-electron chi connectivity index (χ0n) is 11.9. The van der Waals surface area contributed by atoms with E-state index in [0.717, 1.165) is 16.8 Å². The van der Waals surface area contributed by atoms with Crippen LogP contribution in [0.25, 0.3) is 0 Å². The van der Waals surface area contributed by atoms with Crippen molar-refractivity contribution < 1.29 is 14.7 Å². The molecule has 0 atom stereocenters. The van der Waals surface area contributed by atoms with Crippen LogP contribution in [0.15, 0.2) is 18.2 Å². The number of hydrogen-bond donors (Lipinski definition) is 1. The lowest BCUT2D eigenvalue weighted by molar-refractivity contribution is -0.136. The highest BCUT2D eigenvalue weighted by molar-refractivity contribution is 5.95. The molecule has 0 radical (unpaired) electrons. The second-order valence-corrected chi connectivity index (χ2v) is 5.08. The molecule has 4 nitrogen and oxygen atoms in total. The number of carbonyl (C=O) groups excluding carboxylic acids is 1. The predicted molar refractivity (Wildman–Crippen MR) is 75.4 cm³/mol. The molecule has 0 heterocycles. The highest BCUT2D eigenvalue weighted by Gasteiger charge is 2.21. The maximum absolute atomic E-state index is 12.3. The average Bonchev–Trinajstić information content (AvgIpc) is 2.32. The molecule has 0 saturated carbocycles. The summed E-state index contributed by atoms with van der Waals surface area (Å²) in [5.74, 6) is -1.10. The molecule has 0 aliphatic rings. The Hall–Kier alpha value is -1.84. The molecule has 0 unspecified atom stereocenters. The Morgan fingerprint density at radius 2 is 1.89 bits per heavy atom. The van der Waals surface area contributed by atoms with Crippen LogP contribution in [-0.4, -0.2) is 23.5 Å². The van der Waals surface area contributed by atoms with E-state index in [1.54, 1.807) is 4.90 Å². The first-order chi connectivity index (χ1) is 8.82. The van der Waals surface area contributed by atoms with Crippen LogP contribution < -0.4 is 4.90 Å². The average molecular weight is 263 g/mol. The number of carboxylic acid groups (broad SMARTS) is 1. The standard InChI is InChI=1S/C15H21NO3/c1-10(2)15(19)16(8-7-14(17)18)13-9-11(3)5-6-12(13)4/h5-6,9-10H,7-8H2,1-4H3,(H,17,18). The van der Waals surface area contributed by atoms with Gasteiger partial charge in [0.25, 0.3) is 0 Å². The third-order valence-corrected chi connectivity index (χ3v) is 2.96. The number of benzene rings is 1. The van der Waals surface area contributed by atoms with Gasteiger partial charge in [-0.1, -0.05) is 26.0 Å². The van der Waals surface area contributed by atoms with E-state index in [1.165, 1.54) is 0 Å². The second kappa shape index (κ2) is 6.36. The van der Waals surface area contributed by atoms with Crippen LogP contribution in [0.3, 0.4) is 0 Å². The molecular formula is C15H21NO3. The minimum Gasteiger partial charge on any atom is -0.481 e. The van der Waals surface area contributed by atoms with Gasteiger partial charge in [0.05, 0.1) is 6.42 Å². The van der Waals surface area contributed by atoms with Crippen molar-refractivity contribution in [1.82, 2.24) is 0 Å². The fourth-order valence-corrected chi connectivity index (χ4v) is 1.88. The molecule has 0 bridgehead atoms. The second-order valence-electron chi connectivity index (χ2n) is 5.08. The van der Waals surface area contributed by atoms with Crippen molar-refractivity contribution in [3.63, 3.8) is 0 Å². The van der Waals surface area contributed by atoms with Crippen LogP contribution >= 0.6 is 0 Å². The van der Waals surface area contributed by atoms with Gasteiger partial charge in [-0.3, -0.25) is 9.59 Å². The van der Waals surface area contributed by atoms with E-state index in [1.807, 2.05) is 45.9 Å². The summed E-state index contributed by atoms with van der Waals surface area (Å²) in [7, 11) is 0. The van der Waals surface area contributed by atoms with E-state index >= 15 is 0 Å². The molecule has 1 aromatic rings. The van der Waals surface area contributed by atoms with Gasteiger partial charge in [-0.25, -0.2) is 0 Å². The summed E-state index contributed by atoms with van der Waals surface area (Å²) in [5.41, 5.74) is 2.84. The van der Waals surface area contributed by atoms with E-state index < -0.39 is 5.97 Å². The molecule has 0 saturated heterocycles. The van der Waals surface area contributed by atoms with Gasteiger partial charge in [0.2, 0.25) is 5.91 Å². The van der Waals surface area contributed by atoms with Crippen molar-refractivity contribution in [1.29, 1.82) is 0 Å². The highest BCUT2D eigenvalue weighted by atomic mass is 16.4. The normalized spacial score (nSPS) is 10.6. The third-order valence-electron chi connectivity index (χ3n) is 2.96. The summed E-state index contributed by atoms with van der Waals surface area (Å²) in [5, 5.41) is 8.82. The first kappa shape index (κ1) is 15.2. The Morgan fingerprint density at radius 1 is 1.26 bits per heavy atom.